The van der Waals surface area contributed by atoms with Crippen LogP contribution in [0.15, 0.2) is 47.4 Å². The molecule has 1 aliphatic heterocycles. The fourth-order valence-corrected chi connectivity index (χ4v) is 3.94. The van der Waals surface area contributed by atoms with Crippen LogP contribution in [0.1, 0.15) is 37.3 Å². The van der Waals surface area contributed by atoms with Gasteiger partial charge in [0.1, 0.15) is 5.69 Å². The molecule has 1 N–H and O–H groups in total. The molecule has 4 rings (SSSR count). The highest BCUT2D eigenvalue weighted by Crippen LogP contribution is 2.28. The SMILES string of the molecule is O=c1cc([C@@H]2CCN(C[C@@H]3CC=CCC3)C2)nc(-c2ccccn2)[nH]1. The lowest BCUT2D eigenvalue weighted by Gasteiger charge is -2.24. The van der Waals surface area contributed by atoms with Crippen LogP contribution in [0.4, 0.5) is 0 Å². The van der Waals surface area contributed by atoms with Gasteiger partial charge >= 0.3 is 0 Å². The van der Waals surface area contributed by atoms with Crippen LogP contribution in [0.2, 0.25) is 0 Å². The zero-order chi connectivity index (χ0) is 17.1. The van der Waals surface area contributed by atoms with Crippen molar-refractivity contribution in [1.29, 1.82) is 0 Å². The van der Waals surface area contributed by atoms with Crippen molar-refractivity contribution in [3.05, 3.63) is 58.7 Å². The molecule has 0 saturated carbocycles. The van der Waals surface area contributed by atoms with Gasteiger partial charge in [-0.1, -0.05) is 18.2 Å². The van der Waals surface area contributed by atoms with Crippen LogP contribution in [0.3, 0.4) is 0 Å². The van der Waals surface area contributed by atoms with Gasteiger partial charge in [-0.2, -0.15) is 0 Å². The maximum atomic E-state index is 12.1. The predicted molar refractivity (Wildman–Crippen MR) is 98.4 cm³/mol. The number of aromatic nitrogens is 3. The molecule has 2 aromatic heterocycles. The summed E-state index contributed by atoms with van der Waals surface area (Å²) in [6, 6.07) is 7.30. The van der Waals surface area contributed by atoms with Crippen LogP contribution >= 0.6 is 0 Å². The first kappa shape index (κ1) is 16.2. The first-order valence-electron chi connectivity index (χ1n) is 9.18. The number of allylic oxidation sites excluding steroid dienone is 2. The zero-order valence-corrected chi connectivity index (χ0v) is 14.4. The predicted octanol–water partition coefficient (Wildman–Crippen LogP) is 2.98. The molecule has 0 bridgehead atoms. The minimum Gasteiger partial charge on any atom is -0.305 e. The Bertz CT molecular complexity index is 799. The Hall–Kier alpha value is -2.27. The van der Waals surface area contributed by atoms with Crippen molar-refractivity contribution in [1.82, 2.24) is 19.9 Å². The number of pyridine rings is 1. The molecular formula is C20H24N4O. The molecular weight excluding hydrogens is 312 g/mol. The number of nitrogens with zero attached hydrogens (tertiary/aromatic N) is 3. The lowest BCUT2D eigenvalue weighted by Crippen LogP contribution is -2.28. The minimum atomic E-state index is -0.0958. The first-order valence-corrected chi connectivity index (χ1v) is 9.18. The van der Waals surface area contributed by atoms with Gasteiger partial charge in [0.2, 0.25) is 0 Å². The second-order valence-corrected chi connectivity index (χ2v) is 7.13. The van der Waals surface area contributed by atoms with E-state index in [4.69, 9.17) is 4.98 Å². The van der Waals surface area contributed by atoms with Crippen LogP contribution in [0, 0.1) is 5.92 Å². The summed E-state index contributed by atoms with van der Waals surface area (Å²) < 4.78 is 0. The van der Waals surface area contributed by atoms with Gasteiger partial charge in [0, 0.05) is 31.3 Å². The normalized spacial score (nSPS) is 23.8. The summed E-state index contributed by atoms with van der Waals surface area (Å²) in [5.74, 6) is 1.68. The summed E-state index contributed by atoms with van der Waals surface area (Å²) in [6.07, 6.45) is 11.1. The fraction of sp³-hybridized carbons (Fsp3) is 0.450. The summed E-state index contributed by atoms with van der Waals surface area (Å²) in [7, 11) is 0. The van der Waals surface area contributed by atoms with Crippen molar-refractivity contribution >= 4 is 0 Å². The van der Waals surface area contributed by atoms with E-state index in [9.17, 15) is 4.79 Å². The highest BCUT2D eigenvalue weighted by atomic mass is 16.1. The number of likely N-dealkylation sites (tertiary alicyclic amines) is 1. The lowest BCUT2D eigenvalue weighted by atomic mass is 9.94. The average Bonchev–Trinajstić information content (AvgIpc) is 3.11. The van der Waals surface area contributed by atoms with Crippen molar-refractivity contribution in [2.45, 2.75) is 31.6 Å². The van der Waals surface area contributed by atoms with E-state index in [-0.39, 0.29) is 5.56 Å². The van der Waals surface area contributed by atoms with Gasteiger partial charge in [-0.25, -0.2) is 4.98 Å². The standard InChI is InChI=1S/C20H24N4O/c25-19-12-18(22-20(23-19)17-8-4-5-10-21-17)16-9-11-24(14-16)13-15-6-2-1-3-7-15/h1-2,4-5,8,10,12,15-16H,3,6-7,9,11,13-14H2,(H,22,23,25)/t15-,16-/m1/s1. The second-order valence-electron chi connectivity index (χ2n) is 7.13. The molecule has 0 aromatic carbocycles. The highest BCUT2D eigenvalue weighted by molar-refractivity contribution is 5.48. The molecule has 130 valence electrons. The number of rotatable bonds is 4. The molecule has 1 fully saturated rings. The maximum Gasteiger partial charge on any atom is 0.251 e. The lowest BCUT2D eigenvalue weighted by molar-refractivity contribution is 0.263. The third-order valence-corrected chi connectivity index (χ3v) is 5.25. The third-order valence-electron chi connectivity index (χ3n) is 5.25. The molecule has 1 aliphatic carbocycles. The topological polar surface area (TPSA) is 61.9 Å². The summed E-state index contributed by atoms with van der Waals surface area (Å²) in [5.41, 5.74) is 1.52. The molecule has 2 aliphatic rings. The number of nitrogens with one attached hydrogen (secondary N) is 1. The van der Waals surface area contributed by atoms with E-state index >= 15 is 0 Å². The van der Waals surface area contributed by atoms with Gasteiger partial charge in [0.25, 0.3) is 5.56 Å². The Labute approximate surface area is 147 Å². The molecule has 0 spiro atoms. The molecule has 0 unspecified atom stereocenters. The minimum absolute atomic E-state index is 0.0958. The van der Waals surface area contributed by atoms with Gasteiger partial charge in [0.05, 0.1) is 5.69 Å². The van der Waals surface area contributed by atoms with Gasteiger partial charge in [-0.15, -0.1) is 0 Å². The van der Waals surface area contributed by atoms with Crippen molar-refractivity contribution in [2.24, 2.45) is 5.92 Å². The summed E-state index contributed by atoms with van der Waals surface area (Å²) >= 11 is 0. The van der Waals surface area contributed by atoms with E-state index in [2.05, 4.69) is 27.0 Å². The molecule has 0 amide bonds. The van der Waals surface area contributed by atoms with Crippen LogP contribution < -0.4 is 5.56 Å². The molecule has 2 atom stereocenters. The molecule has 0 radical (unpaired) electrons. The Morgan fingerprint density at radius 2 is 2.20 bits per heavy atom. The zero-order valence-electron chi connectivity index (χ0n) is 14.4. The average molecular weight is 336 g/mol. The molecule has 25 heavy (non-hydrogen) atoms. The van der Waals surface area contributed by atoms with Gasteiger partial charge < -0.3 is 9.88 Å². The maximum absolute atomic E-state index is 12.1. The van der Waals surface area contributed by atoms with Gasteiger partial charge in [-0.3, -0.25) is 9.78 Å². The van der Waals surface area contributed by atoms with Crippen molar-refractivity contribution < 1.29 is 0 Å². The molecule has 3 heterocycles. The number of hydrogen-bond donors (Lipinski definition) is 1. The van der Waals surface area contributed by atoms with E-state index in [0.29, 0.717) is 17.4 Å². The number of aromatic amines is 1. The van der Waals surface area contributed by atoms with Crippen molar-refractivity contribution in [2.75, 3.05) is 19.6 Å². The smallest absolute Gasteiger partial charge is 0.251 e. The Morgan fingerprint density at radius 3 is 3.00 bits per heavy atom. The Balaban J connectivity index is 1.48. The van der Waals surface area contributed by atoms with Crippen LogP contribution in [0.5, 0.6) is 0 Å². The quantitative estimate of drug-likeness (QED) is 0.872. The second kappa shape index (κ2) is 7.31. The van der Waals surface area contributed by atoms with E-state index in [1.807, 2.05) is 18.2 Å². The molecule has 2 aromatic rings. The summed E-state index contributed by atoms with van der Waals surface area (Å²) in [6.45, 7) is 3.26. The van der Waals surface area contributed by atoms with E-state index in [1.54, 1.807) is 12.3 Å². The van der Waals surface area contributed by atoms with Crippen LogP contribution in [-0.2, 0) is 0 Å². The summed E-state index contributed by atoms with van der Waals surface area (Å²) in [5, 5.41) is 0. The third kappa shape index (κ3) is 3.87. The Kier molecular flexibility index (Phi) is 4.74. The number of hydrogen-bond acceptors (Lipinski definition) is 4. The Morgan fingerprint density at radius 1 is 1.24 bits per heavy atom. The monoisotopic (exact) mass is 336 g/mol. The van der Waals surface area contributed by atoms with E-state index in [0.717, 1.165) is 37.7 Å². The first-order chi connectivity index (χ1) is 12.3. The van der Waals surface area contributed by atoms with Crippen LogP contribution in [-0.4, -0.2) is 39.5 Å². The molecule has 5 heteroatoms. The largest absolute Gasteiger partial charge is 0.305 e. The number of H-pyrrole nitrogens is 1. The van der Waals surface area contributed by atoms with Gasteiger partial charge in [0.15, 0.2) is 5.82 Å². The van der Waals surface area contributed by atoms with E-state index in [1.165, 1.54) is 19.3 Å². The molecule has 1 saturated heterocycles. The fourth-order valence-electron chi connectivity index (χ4n) is 3.94. The highest BCUT2D eigenvalue weighted by Gasteiger charge is 2.27. The van der Waals surface area contributed by atoms with Crippen molar-refractivity contribution in [3.8, 4) is 11.5 Å². The van der Waals surface area contributed by atoms with Crippen LogP contribution in [0.25, 0.3) is 11.5 Å². The van der Waals surface area contributed by atoms with Crippen molar-refractivity contribution in [3.63, 3.8) is 0 Å². The van der Waals surface area contributed by atoms with Gasteiger partial charge in [-0.05, 0) is 50.3 Å². The van der Waals surface area contributed by atoms with E-state index < -0.39 is 0 Å². The summed E-state index contributed by atoms with van der Waals surface area (Å²) in [4.78, 5) is 26.5. The molecule has 5 nitrogen and oxygen atoms in total.